The van der Waals surface area contributed by atoms with Gasteiger partial charge in [0.1, 0.15) is 11.8 Å². The van der Waals surface area contributed by atoms with Gasteiger partial charge in [-0.05, 0) is 79.3 Å². The van der Waals surface area contributed by atoms with Crippen LogP contribution in [-0.2, 0) is 10.0 Å². The summed E-state index contributed by atoms with van der Waals surface area (Å²) in [6.07, 6.45) is 4.86. The van der Waals surface area contributed by atoms with E-state index in [2.05, 4.69) is 25.7 Å². The first-order valence-corrected chi connectivity index (χ1v) is 14.4. The third kappa shape index (κ3) is 5.07. The molecule has 2 atom stereocenters. The van der Waals surface area contributed by atoms with Crippen molar-refractivity contribution in [2.75, 3.05) is 23.0 Å². The van der Waals surface area contributed by atoms with Crippen LogP contribution in [0.3, 0.4) is 0 Å². The number of rotatable bonds is 7. The van der Waals surface area contributed by atoms with Crippen LogP contribution in [0.5, 0.6) is 5.75 Å². The molecule has 0 saturated carbocycles. The van der Waals surface area contributed by atoms with E-state index in [1.54, 1.807) is 18.3 Å². The standard InChI is InChI=1S/C27H26ClN5O3S2/c1-17-15-18(9-11-20(17)28)32-14-6-8-23(32)26-25(22-7-4-5-13-29-22)30-27(37)33(26)19-10-12-21(24(16-19)36-2)31-38(3,34)35/h4-16,25-26,31H,1-3H3,(H,30,37)/t25-,26-/m1/s1. The monoisotopic (exact) mass is 567 g/mol. The Bertz CT molecular complexity index is 1610. The van der Waals surface area contributed by atoms with Crippen molar-refractivity contribution >= 4 is 50.3 Å². The predicted octanol–water partition coefficient (Wildman–Crippen LogP) is 5.39. The topological polar surface area (TPSA) is 88.5 Å². The first-order valence-electron chi connectivity index (χ1n) is 11.8. The van der Waals surface area contributed by atoms with E-state index < -0.39 is 10.0 Å². The van der Waals surface area contributed by atoms with Gasteiger partial charge >= 0.3 is 0 Å². The maximum atomic E-state index is 11.9. The lowest BCUT2D eigenvalue weighted by molar-refractivity contribution is 0.417. The molecule has 38 heavy (non-hydrogen) atoms. The molecule has 0 spiro atoms. The highest BCUT2D eigenvalue weighted by Crippen LogP contribution is 2.44. The summed E-state index contributed by atoms with van der Waals surface area (Å²) in [5, 5.41) is 4.67. The Morgan fingerprint density at radius 3 is 2.55 bits per heavy atom. The summed E-state index contributed by atoms with van der Waals surface area (Å²) in [5.74, 6) is 0.375. The van der Waals surface area contributed by atoms with E-state index in [1.165, 1.54) is 7.11 Å². The van der Waals surface area contributed by atoms with Crippen LogP contribution in [0.25, 0.3) is 5.69 Å². The molecule has 2 aromatic carbocycles. The maximum absolute atomic E-state index is 11.9. The van der Waals surface area contributed by atoms with Crippen LogP contribution in [-0.4, -0.2) is 36.4 Å². The lowest BCUT2D eigenvalue weighted by Crippen LogP contribution is -2.30. The summed E-state index contributed by atoms with van der Waals surface area (Å²) in [6, 6.07) is 20.5. The average molecular weight is 568 g/mol. The minimum absolute atomic E-state index is 0.259. The third-order valence-electron chi connectivity index (χ3n) is 6.36. The molecule has 5 rings (SSSR count). The van der Waals surface area contributed by atoms with E-state index >= 15 is 0 Å². The number of anilines is 2. The third-order valence-corrected chi connectivity index (χ3v) is 7.69. The van der Waals surface area contributed by atoms with E-state index in [4.69, 9.17) is 28.6 Å². The Morgan fingerprint density at radius 1 is 1.08 bits per heavy atom. The van der Waals surface area contributed by atoms with E-state index in [0.717, 1.165) is 34.6 Å². The molecule has 4 aromatic rings. The lowest BCUT2D eigenvalue weighted by Gasteiger charge is -2.29. The van der Waals surface area contributed by atoms with Crippen molar-refractivity contribution in [2.45, 2.75) is 19.0 Å². The summed E-state index contributed by atoms with van der Waals surface area (Å²) < 4.78 is 33.9. The first-order chi connectivity index (χ1) is 18.2. The molecule has 0 amide bonds. The van der Waals surface area contributed by atoms with Gasteiger partial charge in [0.15, 0.2) is 5.11 Å². The molecule has 1 aliphatic heterocycles. The van der Waals surface area contributed by atoms with Crippen LogP contribution in [0.1, 0.15) is 29.0 Å². The number of thiocarbonyl (C=S) groups is 1. The van der Waals surface area contributed by atoms with Gasteiger partial charge in [-0.1, -0.05) is 17.7 Å². The van der Waals surface area contributed by atoms with Crippen molar-refractivity contribution in [3.8, 4) is 11.4 Å². The number of ether oxygens (including phenoxy) is 1. The fourth-order valence-electron chi connectivity index (χ4n) is 4.70. The van der Waals surface area contributed by atoms with Gasteiger partial charge in [0.25, 0.3) is 0 Å². The van der Waals surface area contributed by atoms with Gasteiger partial charge in [-0.25, -0.2) is 8.42 Å². The number of aromatic nitrogens is 2. The molecule has 1 saturated heterocycles. The quantitative estimate of drug-likeness (QED) is 0.289. The number of sulfonamides is 1. The van der Waals surface area contributed by atoms with Crippen LogP contribution in [0, 0.1) is 6.92 Å². The SMILES string of the molecule is COc1cc(N2C(=S)N[C@H](c3ccccn3)[C@H]2c2cccn2-c2ccc(Cl)c(C)c2)ccc1NS(C)(=O)=O. The van der Waals surface area contributed by atoms with Crippen molar-refractivity contribution in [3.63, 3.8) is 0 Å². The van der Waals surface area contributed by atoms with Crippen molar-refractivity contribution in [1.29, 1.82) is 0 Å². The molecule has 196 valence electrons. The summed E-state index contributed by atoms with van der Waals surface area (Å²) in [7, 11) is -1.99. The number of methoxy groups -OCH3 is 1. The largest absolute Gasteiger partial charge is 0.494 e. The van der Waals surface area contributed by atoms with Crippen molar-refractivity contribution in [1.82, 2.24) is 14.9 Å². The molecular formula is C27H26ClN5O3S2. The summed E-state index contributed by atoms with van der Waals surface area (Å²) in [5.41, 5.74) is 4.84. The van der Waals surface area contributed by atoms with E-state index in [0.29, 0.717) is 21.6 Å². The Labute approximate surface area is 232 Å². The minimum Gasteiger partial charge on any atom is -0.494 e. The zero-order chi connectivity index (χ0) is 27.0. The van der Waals surface area contributed by atoms with E-state index in [-0.39, 0.29) is 12.1 Å². The Hall–Kier alpha value is -3.60. The van der Waals surface area contributed by atoms with Crippen LogP contribution in [0.2, 0.25) is 5.02 Å². The van der Waals surface area contributed by atoms with Gasteiger partial charge in [0.2, 0.25) is 10.0 Å². The van der Waals surface area contributed by atoms with E-state index in [9.17, 15) is 8.42 Å². The minimum atomic E-state index is -3.49. The highest BCUT2D eigenvalue weighted by Gasteiger charge is 2.42. The second-order valence-corrected chi connectivity index (χ2v) is 11.5. The molecule has 1 fully saturated rings. The molecule has 1 aliphatic rings. The number of nitrogens with zero attached hydrogens (tertiary/aromatic N) is 3. The fourth-order valence-corrected chi connectivity index (χ4v) is 5.73. The summed E-state index contributed by atoms with van der Waals surface area (Å²) in [6.45, 7) is 1.97. The number of hydrogen-bond donors (Lipinski definition) is 2. The molecule has 0 aliphatic carbocycles. The normalized spacial score (nSPS) is 17.4. The highest BCUT2D eigenvalue weighted by molar-refractivity contribution is 7.92. The Kier molecular flexibility index (Phi) is 7.04. The molecule has 2 aromatic heterocycles. The molecule has 0 radical (unpaired) electrons. The zero-order valence-corrected chi connectivity index (χ0v) is 23.3. The van der Waals surface area contributed by atoms with E-state index in [1.807, 2.05) is 66.6 Å². The zero-order valence-electron chi connectivity index (χ0n) is 20.9. The number of halogens is 1. The number of aryl methyl sites for hydroxylation is 1. The Balaban J connectivity index is 1.65. The first kappa shape index (κ1) is 26.0. The number of pyridine rings is 1. The maximum Gasteiger partial charge on any atom is 0.229 e. The smallest absolute Gasteiger partial charge is 0.229 e. The lowest BCUT2D eigenvalue weighted by atomic mass is 10.0. The Morgan fingerprint density at radius 2 is 1.87 bits per heavy atom. The van der Waals surface area contributed by atoms with Crippen molar-refractivity contribution < 1.29 is 13.2 Å². The van der Waals surface area contributed by atoms with Gasteiger partial charge < -0.3 is 19.5 Å². The summed E-state index contributed by atoms with van der Waals surface area (Å²) >= 11 is 12.2. The molecule has 2 N–H and O–H groups in total. The molecule has 0 unspecified atom stereocenters. The van der Waals surface area contributed by atoms with Crippen molar-refractivity contribution in [3.05, 3.63) is 101 Å². The molecule has 0 bridgehead atoms. The predicted molar refractivity (Wildman–Crippen MR) is 155 cm³/mol. The van der Waals surface area contributed by atoms with Crippen LogP contribution in [0.15, 0.2) is 79.1 Å². The molecule has 8 nitrogen and oxygen atoms in total. The highest BCUT2D eigenvalue weighted by atomic mass is 35.5. The van der Waals surface area contributed by atoms with Crippen molar-refractivity contribution in [2.24, 2.45) is 0 Å². The van der Waals surface area contributed by atoms with Gasteiger partial charge in [0.05, 0.1) is 30.8 Å². The number of benzene rings is 2. The van der Waals surface area contributed by atoms with Crippen LogP contribution < -0.4 is 19.7 Å². The second kappa shape index (κ2) is 10.3. The molecule has 11 heteroatoms. The van der Waals surface area contributed by atoms with Gasteiger partial charge in [-0.3, -0.25) is 9.71 Å². The number of hydrogen-bond acceptors (Lipinski definition) is 5. The fraction of sp³-hybridized carbons (Fsp3) is 0.185. The van der Waals surface area contributed by atoms with Gasteiger partial charge in [0, 0.05) is 40.6 Å². The second-order valence-electron chi connectivity index (χ2n) is 8.99. The number of nitrogens with one attached hydrogen (secondary N) is 2. The van der Waals surface area contributed by atoms with Gasteiger partial charge in [-0.15, -0.1) is 0 Å². The van der Waals surface area contributed by atoms with Crippen LogP contribution >= 0.6 is 23.8 Å². The van der Waals surface area contributed by atoms with Gasteiger partial charge in [-0.2, -0.15) is 0 Å². The molecular weight excluding hydrogens is 542 g/mol. The summed E-state index contributed by atoms with van der Waals surface area (Å²) in [4.78, 5) is 6.63. The van der Waals surface area contributed by atoms with Crippen LogP contribution in [0.4, 0.5) is 11.4 Å². The molecule has 3 heterocycles. The average Bonchev–Trinajstić information content (AvgIpc) is 3.50.